The maximum Gasteiger partial charge on any atom is 0.264 e. The first-order valence-corrected chi connectivity index (χ1v) is 9.48. The van der Waals surface area contributed by atoms with E-state index in [4.69, 9.17) is 5.73 Å². The van der Waals surface area contributed by atoms with Gasteiger partial charge in [0, 0.05) is 29.3 Å². The SMILES string of the molecule is NCc1ccc(NS(=O)(=O)c2c[nH]c3cc(C4CC4)ccc23)cc1. The van der Waals surface area contributed by atoms with Gasteiger partial charge in [-0.1, -0.05) is 24.3 Å². The van der Waals surface area contributed by atoms with Gasteiger partial charge in [0.1, 0.15) is 4.90 Å². The standard InChI is InChI=1S/C18H19N3O2S/c19-10-12-1-6-15(7-2-12)21-24(22,23)18-11-20-17-9-14(13-3-4-13)5-8-16(17)18/h1-2,5-9,11,13,20-21H,3-4,10,19H2. The predicted octanol–water partition coefficient (Wildman–Crippen LogP) is 3.30. The van der Waals surface area contributed by atoms with Crippen LogP contribution >= 0.6 is 0 Å². The lowest BCUT2D eigenvalue weighted by Gasteiger charge is -2.08. The van der Waals surface area contributed by atoms with Crippen LogP contribution < -0.4 is 10.5 Å². The van der Waals surface area contributed by atoms with Crippen molar-refractivity contribution in [3.05, 3.63) is 59.8 Å². The number of benzene rings is 2. The van der Waals surface area contributed by atoms with Crippen LogP contribution in [0.15, 0.2) is 53.6 Å². The van der Waals surface area contributed by atoms with Gasteiger partial charge in [-0.05, 0) is 48.1 Å². The summed E-state index contributed by atoms with van der Waals surface area (Å²) in [4.78, 5) is 3.35. The Kier molecular flexibility index (Phi) is 3.58. The molecule has 3 aromatic rings. The smallest absolute Gasteiger partial charge is 0.264 e. The largest absolute Gasteiger partial charge is 0.360 e. The average Bonchev–Trinajstić information content (AvgIpc) is 3.33. The summed E-state index contributed by atoms with van der Waals surface area (Å²) in [6, 6.07) is 13.1. The van der Waals surface area contributed by atoms with Crippen molar-refractivity contribution in [2.24, 2.45) is 5.73 Å². The lowest BCUT2D eigenvalue weighted by atomic mass is 10.1. The van der Waals surface area contributed by atoms with Crippen molar-refractivity contribution < 1.29 is 8.42 Å². The molecule has 24 heavy (non-hydrogen) atoms. The van der Waals surface area contributed by atoms with E-state index < -0.39 is 10.0 Å². The predicted molar refractivity (Wildman–Crippen MR) is 95.4 cm³/mol. The topological polar surface area (TPSA) is 88.0 Å². The fraction of sp³-hybridized carbons (Fsp3) is 0.222. The summed E-state index contributed by atoms with van der Waals surface area (Å²) in [6.45, 7) is 0.429. The quantitative estimate of drug-likeness (QED) is 0.665. The molecule has 4 N–H and O–H groups in total. The monoisotopic (exact) mass is 341 g/mol. The summed E-state index contributed by atoms with van der Waals surface area (Å²) >= 11 is 0. The van der Waals surface area contributed by atoms with Crippen LogP contribution in [0.1, 0.15) is 29.9 Å². The van der Waals surface area contributed by atoms with Gasteiger partial charge in [-0.25, -0.2) is 8.42 Å². The Labute approximate surface area is 140 Å². The zero-order valence-corrected chi connectivity index (χ0v) is 13.9. The molecule has 1 aromatic heterocycles. The molecule has 124 valence electrons. The first kappa shape index (κ1) is 15.2. The Balaban J connectivity index is 1.66. The molecule has 4 rings (SSSR count). The minimum Gasteiger partial charge on any atom is -0.360 e. The van der Waals surface area contributed by atoms with Crippen LogP contribution in [0.4, 0.5) is 5.69 Å². The fourth-order valence-corrected chi connectivity index (χ4v) is 4.17. The van der Waals surface area contributed by atoms with Gasteiger partial charge >= 0.3 is 0 Å². The maximum atomic E-state index is 12.7. The van der Waals surface area contributed by atoms with Crippen molar-refractivity contribution in [1.82, 2.24) is 4.98 Å². The molecule has 0 amide bonds. The molecule has 1 fully saturated rings. The zero-order valence-electron chi connectivity index (χ0n) is 13.1. The number of aromatic amines is 1. The molecule has 6 heteroatoms. The third kappa shape index (κ3) is 2.79. The molecule has 0 atom stereocenters. The molecule has 0 radical (unpaired) electrons. The van der Waals surface area contributed by atoms with E-state index in [0.717, 1.165) is 11.1 Å². The number of aromatic nitrogens is 1. The Morgan fingerprint density at radius 2 is 1.88 bits per heavy atom. The van der Waals surface area contributed by atoms with E-state index in [0.29, 0.717) is 23.5 Å². The Hall–Kier alpha value is -2.31. The summed E-state index contributed by atoms with van der Waals surface area (Å²) in [7, 11) is -3.65. The van der Waals surface area contributed by atoms with E-state index in [9.17, 15) is 8.42 Å². The number of hydrogen-bond acceptors (Lipinski definition) is 3. The Morgan fingerprint density at radius 1 is 1.12 bits per heavy atom. The normalized spacial score (nSPS) is 14.9. The van der Waals surface area contributed by atoms with Crippen molar-refractivity contribution in [3.63, 3.8) is 0 Å². The number of H-pyrrole nitrogens is 1. The van der Waals surface area contributed by atoms with Gasteiger partial charge in [0.15, 0.2) is 0 Å². The van der Waals surface area contributed by atoms with Crippen molar-refractivity contribution in [2.45, 2.75) is 30.2 Å². The molecule has 1 heterocycles. The van der Waals surface area contributed by atoms with Gasteiger partial charge in [0.25, 0.3) is 10.0 Å². The summed E-state index contributed by atoms with van der Waals surface area (Å²) < 4.78 is 28.0. The summed E-state index contributed by atoms with van der Waals surface area (Å²) in [5, 5.41) is 0.713. The molecule has 1 aliphatic rings. The second-order valence-corrected chi connectivity index (χ2v) is 7.89. The van der Waals surface area contributed by atoms with Gasteiger partial charge in [0.05, 0.1) is 0 Å². The van der Waals surface area contributed by atoms with Crippen LogP contribution in [-0.4, -0.2) is 13.4 Å². The number of sulfonamides is 1. The van der Waals surface area contributed by atoms with E-state index in [1.54, 1.807) is 18.3 Å². The van der Waals surface area contributed by atoms with Crippen LogP contribution in [0, 0.1) is 0 Å². The maximum absolute atomic E-state index is 12.7. The highest BCUT2D eigenvalue weighted by molar-refractivity contribution is 7.93. The van der Waals surface area contributed by atoms with Crippen molar-refractivity contribution >= 4 is 26.6 Å². The third-order valence-electron chi connectivity index (χ3n) is 4.45. The fourth-order valence-electron chi connectivity index (χ4n) is 2.93. The second kappa shape index (κ2) is 5.65. The molecule has 5 nitrogen and oxygen atoms in total. The minimum absolute atomic E-state index is 0.266. The lowest BCUT2D eigenvalue weighted by molar-refractivity contribution is 0.602. The van der Waals surface area contributed by atoms with Crippen LogP contribution in [0.5, 0.6) is 0 Å². The molecule has 2 aromatic carbocycles. The highest BCUT2D eigenvalue weighted by atomic mass is 32.2. The van der Waals surface area contributed by atoms with Crippen molar-refractivity contribution in [3.8, 4) is 0 Å². The molecular formula is C18H19N3O2S. The first-order valence-electron chi connectivity index (χ1n) is 8.00. The van der Waals surface area contributed by atoms with Crippen LogP contribution in [0.2, 0.25) is 0 Å². The van der Waals surface area contributed by atoms with Crippen LogP contribution in [0.25, 0.3) is 10.9 Å². The van der Waals surface area contributed by atoms with Crippen LogP contribution in [-0.2, 0) is 16.6 Å². The van der Waals surface area contributed by atoms with Gasteiger partial charge < -0.3 is 10.7 Å². The number of hydrogen-bond donors (Lipinski definition) is 3. The lowest BCUT2D eigenvalue weighted by Crippen LogP contribution is -2.12. The summed E-state index contributed by atoms with van der Waals surface area (Å²) in [5.74, 6) is 0.636. The molecule has 0 bridgehead atoms. The number of nitrogens with two attached hydrogens (primary N) is 1. The summed E-state index contributed by atoms with van der Waals surface area (Å²) in [5.41, 5.74) is 9.18. The number of fused-ring (bicyclic) bond motifs is 1. The summed E-state index contributed by atoms with van der Waals surface area (Å²) in [6.07, 6.45) is 3.99. The van der Waals surface area contributed by atoms with Gasteiger partial charge in [-0.3, -0.25) is 4.72 Å². The minimum atomic E-state index is -3.65. The van der Waals surface area contributed by atoms with Crippen molar-refractivity contribution in [1.29, 1.82) is 0 Å². The molecule has 1 saturated carbocycles. The van der Waals surface area contributed by atoms with E-state index in [2.05, 4.69) is 15.8 Å². The van der Waals surface area contributed by atoms with Gasteiger partial charge in [-0.2, -0.15) is 0 Å². The number of nitrogens with one attached hydrogen (secondary N) is 2. The first-order chi connectivity index (χ1) is 11.6. The van der Waals surface area contributed by atoms with E-state index in [-0.39, 0.29) is 4.90 Å². The number of anilines is 1. The van der Waals surface area contributed by atoms with Crippen LogP contribution in [0.3, 0.4) is 0 Å². The van der Waals surface area contributed by atoms with Gasteiger partial charge in [0.2, 0.25) is 0 Å². The van der Waals surface area contributed by atoms with E-state index >= 15 is 0 Å². The van der Waals surface area contributed by atoms with E-state index in [1.807, 2.05) is 24.3 Å². The third-order valence-corrected chi connectivity index (χ3v) is 5.87. The molecule has 0 aliphatic heterocycles. The zero-order chi connectivity index (χ0) is 16.7. The Bertz CT molecular complexity index is 987. The second-order valence-electron chi connectivity index (χ2n) is 6.24. The van der Waals surface area contributed by atoms with E-state index in [1.165, 1.54) is 18.4 Å². The molecular weight excluding hydrogens is 322 g/mol. The highest BCUT2D eigenvalue weighted by Gasteiger charge is 2.25. The Morgan fingerprint density at radius 3 is 2.54 bits per heavy atom. The number of rotatable bonds is 5. The highest BCUT2D eigenvalue weighted by Crippen LogP contribution is 2.41. The molecule has 0 spiro atoms. The molecule has 0 saturated heterocycles. The average molecular weight is 341 g/mol. The molecule has 0 unspecified atom stereocenters. The van der Waals surface area contributed by atoms with Crippen molar-refractivity contribution in [2.75, 3.05) is 4.72 Å². The van der Waals surface area contributed by atoms with Gasteiger partial charge in [-0.15, -0.1) is 0 Å². The molecule has 1 aliphatic carbocycles.